The van der Waals surface area contributed by atoms with Gasteiger partial charge in [-0.2, -0.15) is 0 Å². The monoisotopic (exact) mass is 406 g/mol. The van der Waals surface area contributed by atoms with Crippen molar-refractivity contribution in [2.75, 3.05) is 19.8 Å². The lowest BCUT2D eigenvalue weighted by atomic mass is 9.95. The van der Waals surface area contributed by atoms with Crippen LogP contribution in [0.15, 0.2) is 29.5 Å². The van der Waals surface area contributed by atoms with Crippen molar-refractivity contribution in [2.45, 2.75) is 47.1 Å². The molecule has 154 valence electrons. The van der Waals surface area contributed by atoms with Crippen molar-refractivity contribution in [3.8, 4) is 11.5 Å². The number of hydrogen-bond donors (Lipinski definition) is 2. The molecule has 1 aliphatic heterocycles. The van der Waals surface area contributed by atoms with E-state index in [1.54, 1.807) is 0 Å². The molecule has 2 N–H and O–H groups in total. The van der Waals surface area contributed by atoms with Crippen LogP contribution in [0.25, 0.3) is 0 Å². The molecule has 1 aromatic carbocycles. The van der Waals surface area contributed by atoms with Gasteiger partial charge in [-0.1, -0.05) is 26.8 Å². The third-order valence-corrected chi connectivity index (χ3v) is 4.32. The highest BCUT2D eigenvalue weighted by molar-refractivity contribution is 7.80. The summed E-state index contributed by atoms with van der Waals surface area (Å²) in [6, 6.07) is 5.26. The number of ether oxygens (including phenoxy) is 3. The molecule has 0 unspecified atom stereocenters. The molecule has 1 aromatic rings. The van der Waals surface area contributed by atoms with Gasteiger partial charge in [0.05, 0.1) is 31.4 Å². The predicted molar refractivity (Wildman–Crippen MR) is 114 cm³/mol. The number of nitrogens with one attached hydrogen (secondary N) is 2. The molecule has 0 amide bonds. The van der Waals surface area contributed by atoms with E-state index in [1.807, 2.05) is 45.9 Å². The largest absolute Gasteiger partial charge is 0.490 e. The molecule has 0 saturated carbocycles. The summed E-state index contributed by atoms with van der Waals surface area (Å²) in [6.45, 7) is 11.3. The fourth-order valence-corrected chi connectivity index (χ4v) is 3.11. The Bertz CT molecular complexity index is 746. The van der Waals surface area contributed by atoms with Gasteiger partial charge < -0.3 is 24.8 Å². The molecule has 0 bridgehead atoms. The van der Waals surface area contributed by atoms with Crippen LogP contribution < -0.4 is 20.1 Å². The summed E-state index contributed by atoms with van der Waals surface area (Å²) in [7, 11) is 0. The molecule has 0 fully saturated rings. The van der Waals surface area contributed by atoms with Crippen molar-refractivity contribution < 1.29 is 19.0 Å². The van der Waals surface area contributed by atoms with Crippen LogP contribution in [0.4, 0.5) is 0 Å². The average Bonchev–Trinajstić information content (AvgIpc) is 2.64. The van der Waals surface area contributed by atoms with E-state index in [2.05, 4.69) is 17.6 Å². The second-order valence-electron chi connectivity index (χ2n) is 7.05. The topological polar surface area (TPSA) is 68.8 Å². The van der Waals surface area contributed by atoms with Crippen LogP contribution in [0.1, 0.15) is 52.6 Å². The second-order valence-corrected chi connectivity index (χ2v) is 7.46. The smallest absolute Gasteiger partial charge is 0.338 e. The number of benzene rings is 1. The molecular formula is C21H30N2O4S. The maximum atomic E-state index is 12.8. The molecule has 0 radical (unpaired) electrons. The van der Waals surface area contributed by atoms with Gasteiger partial charge in [-0.05, 0) is 56.1 Å². The normalized spacial score (nSPS) is 16.5. The molecule has 0 spiro atoms. The quantitative estimate of drug-likeness (QED) is 0.477. The van der Waals surface area contributed by atoms with E-state index in [0.29, 0.717) is 47.7 Å². The Morgan fingerprint density at radius 1 is 1.21 bits per heavy atom. The zero-order valence-corrected chi connectivity index (χ0v) is 18.1. The summed E-state index contributed by atoms with van der Waals surface area (Å²) in [6.07, 6.45) is 0.908. The number of carbonyl (C=O) groups is 1. The number of esters is 1. The minimum absolute atomic E-state index is 0.258. The zero-order valence-electron chi connectivity index (χ0n) is 17.3. The number of carbonyl (C=O) groups excluding carboxylic acids is 1. The van der Waals surface area contributed by atoms with E-state index in [-0.39, 0.29) is 11.9 Å². The van der Waals surface area contributed by atoms with Gasteiger partial charge in [0.15, 0.2) is 16.6 Å². The van der Waals surface area contributed by atoms with Crippen LogP contribution in [0.2, 0.25) is 0 Å². The molecule has 28 heavy (non-hydrogen) atoms. The summed E-state index contributed by atoms with van der Waals surface area (Å²) >= 11 is 5.31. The SMILES string of the molecule is CCCOc1ccc([C@H]2NC(=S)NC(C)=C2C(=O)OCC(C)C)cc1OCC. The van der Waals surface area contributed by atoms with Crippen molar-refractivity contribution in [2.24, 2.45) is 5.92 Å². The molecule has 7 heteroatoms. The van der Waals surface area contributed by atoms with Gasteiger partial charge in [-0.15, -0.1) is 0 Å². The lowest BCUT2D eigenvalue weighted by Gasteiger charge is -2.30. The van der Waals surface area contributed by atoms with E-state index in [1.165, 1.54) is 0 Å². The molecule has 1 atom stereocenters. The first-order valence-corrected chi connectivity index (χ1v) is 10.1. The standard InChI is InChI=1S/C21H30N2O4S/c1-6-10-26-16-9-8-15(11-17(16)25-7-2)19-18(14(5)22-21(28)23-19)20(24)27-12-13(3)4/h8-9,11,13,19H,6-7,10,12H2,1-5H3,(H2,22,23,28)/t19-/m1/s1. The Morgan fingerprint density at radius 2 is 1.96 bits per heavy atom. The summed E-state index contributed by atoms with van der Waals surface area (Å²) in [4.78, 5) is 12.8. The van der Waals surface area contributed by atoms with Gasteiger partial charge in [-0.3, -0.25) is 0 Å². The van der Waals surface area contributed by atoms with Crippen molar-refractivity contribution in [3.05, 3.63) is 35.0 Å². The molecule has 0 saturated heterocycles. The second kappa shape index (κ2) is 10.3. The van der Waals surface area contributed by atoms with Crippen LogP contribution in [-0.4, -0.2) is 30.9 Å². The first-order valence-electron chi connectivity index (χ1n) is 9.72. The van der Waals surface area contributed by atoms with Gasteiger partial charge >= 0.3 is 5.97 Å². The summed E-state index contributed by atoms with van der Waals surface area (Å²) in [5.74, 6) is 1.23. The Balaban J connectivity index is 2.38. The number of thiocarbonyl (C=S) groups is 1. The van der Waals surface area contributed by atoms with Crippen LogP contribution >= 0.6 is 12.2 Å². The Morgan fingerprint density at radius 3 is 2.61 bits per heavy atom. The van der Waals surface area contributed by atoms with Gasteiger partial charge in [0.25, 0.3) is 0 Å². The van der Waals surface area contributed by atoms with Crippen molar-refractivity contribution >= 4 is 23.3 Å². The summed E-state index contributed by atoms with van der Waals surface area (Å²) in [5, 5.41) is 6.66. The van der Waals surface area contributed by atoms with Crippen LogP contribution in [-0.2, 0) is 9.53 Å². The number of hydrogen-bond acceptors (Lipinski definition) is 5. The molecule has 1 aliphatic rings. The summed E-state index contributed by atoms with van der Waals surface area (Å²) < 4.78 is 17.0. The third-order valence-electron chi connectivity index (χ3n) is 4.10. The maximum Gasteiger partial charge on any atom is 0.338 e. The van der Waals surface area contributed by atoms with Gasteiger partial charge in [0.2, 0.25) is 0 Å². The first kappa shape index (κ1) is 22.0. The first-order chi connectivity index (χ1) is 13.4. The highest BCUT2D eigenvalue weighted by atomic mass is 32.1. The Hall–Kier alpha value is -2.28. The molecule has 6 nitrogen and oxygen atoms in total. The lowest BCUT2D eigenvalue weighted by molar-refractivity contribution is -0.140. The van der Waals surface area contributed by atoms with E-state index in [4.69, 9.17) is 26.4 Å². The van der Waals surface area contributed by atoms with E-state index in [0.717, 1.165) is 12.0 Å². The minimum Gasteiger partial charge on any atom is -0.490 e. The molecule has 1 heterocycles. The van der Waals surface area contributed by atoms with Gasteiger partial charge in [0.1, 0.15) is 0 Å². The zero-order chi connectivity index (χ0) is 20.7. The van der Waals surface area contributed by atoms with E-state index >= 15 is 0 Å². The number of rotatable bonds is 9. The van der Waals surface area contributed by atoms with E-state index in [9.17, 15) is 4.79 Å². The highest BCUT2D eigenvalue weighted by Crippen LogP contribution is 2.35. The Kier molecular flexibility index (Phi) is 8.11. The fourth-order valence-electron chi connectivity index (χ4n) is 2.84. The Labute approximate surface area is 172 Å². The average molecular weight is 407 g/mol. The van der Waals surface area contributed by atoms with Crippen LogP contribution in [0.5, 0.6) is 11.5 Å². The third kappa shape index (κ3) is 5.61. The lowest BCUT2D eigenvalue weighted by Crippen LogP contribution is -2.45. The molecule has 2 rings (SSSR count). The minimum atomic E-state index is -0.423. The predicted octanol–water partition coefficient (Wildman–Crippen LogP) is 3.87. The molecular weight excluding hydrogens is 376 g/mol. The van der Waals surface area contributed by atoms with Crippen molar-refractivity contribution in [1.82, 2.24) is 10.6 Å². The molecule has 0 aliphatic carbocycles. The van der Waals surface area contributed by atoms with E-state index < -0.39 is 6.04 Å². The fraction of sp³-hybridized carbons (Fsp3) is 0.524. The summed E-state index contributed by atoms with van der Waals surface area (Å²) in [5.41, 5.74) is 2.05. The van der Waals surface area contributed by atoms with Gasteiger partial charge in [-0.25, -0.2) is 4.79 Å². The number of allylic oxidation sites excluding steroid dienone is 1. The van der Waals surface area contributed by atoms with Crippen LogP contribution in [0.3, 0.4) is 0 Å². The van der Waals surface area contributed by atoms with Crippen molar-refractivity contribution in [1.29, 1.82) is 0 Å². The van der Waals surface area contributed by atoms with Crippen molar-refractivity contribution in [3.63, 3.8) is 0 Å². The highest BCUT2D eigenvalue weighted by Gasteiger charge is 2.31. The maximum absolute atomic E-state index is 12.8. The molecule has 0 aromatic heterocycles. The van der Waals surface area contributed by atoms with Crippen LogP contribution in [0, 0.1) is 5.92 Å². The van der Waals surface area contributed by atoms with Gasteiger partial charge in [0, 0.05) is 5.70 Å².